The van der Waals surface area contributed by atoms with Crippen molar-refractivity contribution in [1.29, 1.82) is 0 Å². The van der Waals surface area contributed by atoms with Crippen molar-refractivity contribution < 1.29 is 0 Å². The van der Waals surface area contributed by atoms with Crippen LogP contribution in [-0.2, 0) is 6.54 Å². The van der Waals surface area contributed by atoms with Crippen LogP contribution < -0.4 is 5.32 Å². The number of rotatable bonds is 6. The van der Waals surface area contributed by atoms with Crippen molar-refractivity contribution in [2.45, 2.75) is 26.3 Å². The average molecular weight is 196 g/mol. The lowest BCUT2D eigenvalue weighted by molar-refractivity contribution is 0.660. The Kier molecular flexibility index (Phi) is 4.72. The summed E-state index contributed by atoms with van der Waals surface area (Å²) in [5, 5.41) is 4.51. The maximum atomic E-state index is 4.19. The van der Waals surface area contributed by atoms with Gasteiger partial charge in [-0.3, -0.25) is 0 Å². The second-order valence-corrected chi connectivity index (χ2v) is 4.27. The molecule has 0 aromatic carbocycles. The van der Waals surface area contributed by atoms with Crippen LogP contribution in [0.1, 0.15) is 22.7 Å². The van der Waals surface area contributed by atoms with E-state index >= 15 is 0 Å². The second-order valence-electron chi connectivity index (χ2n) is 2.95. The minimum absolute atomic E-state index is 0.947. The summed E-state index contributed by atoms with van der Waals surface area (Å²) >= 11 is 1.76. The summed E-state index contributed by atoms with van der Waals surface area (Å²) in [4.78, 5) is 5.51. The normalized spacial score (nSPS) is 10.2. The minimum Gasteiger partial charge on any atom is -0.312 e. The number of nitrogens with one attached hydrogen (secondary N) is 1. The van der Waals surface area contributed by atoms with Crippen LogP contribution >= 0.6 is 11.3 Å². The number of hydrogen-bond donors (Lipinski definition) is 1. The van der Waals surface area contributed by atoms with E-state index < -0.39 is 0 Å². The summed E-state index contributed by atoms with van der Waals surface area (Å²) in [6.07, 6.45) is 6.16. The quantitative estimate of drug-likeness (QED) is 0.558. The highest BCUT2D eigenvalue weighted by Crippen LogP contribution is 2.10. The molecule has 0 aliphatic heterocycles. The van der Waals surface area contributed by atoms with Crippen LogP contribution in [0.5, 0.6) is 0 Å². The van der Waals surface area contributed by atoms with Gasteiger partial charge >= 0.3 is 0 Å². The number of unbranched alkanes of at least 4 members (excludes halogenated alkanes) is 1. The van der Waals surface area contributed by atoms with Crippen molar-refractivity contribution >= 4 is 11.3 Å². The second kappa shape index (κ2) is 5.89. The molecule has 2 nitrogen and oxygen atoms in total. The van der Waals surface area contributed by atoms with Crippen LogP contribution in [0.2, 0.25) is 0 Å². The lowest BCUT2D eigenvalue weighted by atomic mass is 10.3. The van der Waals surface area contributed by atoms with E-state index in [0.29, 0.717) is 0 Å². The van der Waals surface area contributed by atoms with Gasteiger partial charge in [-0.1, -0.05) is 6.08 Å². The molecule has 0 bridgehead atoms. The monoisotopic (exact) mass is 196 g/mol. The first kappa shape index (κ1) is 10.4. The summed E-state index contributed by atoms with van der Waals surface area (Å²) in [5.74, 6) is 0. The van der Waals surface area contributed by atoms with Crippen LogP contribution in [-0.4, -0.2) is 11.5 Å². The molecule has 0 amide bonds. The molecule has 3 heteroatoms. The number of thiazole rings is 1. The van der Waals surface area contributed by atoms with Gasteiger partial charge in [0.1, 0.15) is 0 Å². The third-order valence-corrected chi connectivity index (χ3v) is 2.64. The van der Waals surface area contributed by atoms with Gasteiger partial charge in [-0.05, 0) is 26.3 Å². The van der Waals surface area contributed by atoms with Crippen molar-refractivity contribution in [3.8, 4) is 0 Å². The maximum absolute atomic E-state index is 4.19. The zero-order chi connectivity index (χ0) is 9.52. The molecule has 1 heterocycles. The summed E-state index contributed by atoms with van der Waals surface area (Å²) in [7, 11) is 0. The zero-order valence-corrected chi connectivity index (χ0v) is 8.86. The molecule has 0 spiro atoms. The van der Waals surface area contributed by atoms with Crippen LogP contribution in [0.4, 0.5) is 0 Å². The Labute approximate surface area is 83.7 Å². The van der Waals surface area contributed by atoms with Gasteiger partial charge in [-0.2, -0.15) is 0 Å². The van der Waals surface area contributed by atoms with Gasteiger partial charge < -0.3 is 5.32 Å². The molecule has 0 unspecified atom stereocenters. The summed E-state index contributed by atoms with van der Waals surface area (Å²) in [6, 6.07) is 0. The molecule has 1 aromatic heterocycles. The van der Waals surface area contributed by atoms with Crippen LogP contribution in [0.3, 0.4) is 0 Å². The highest BCUT2D eigenvalue weighted by molar-refractivity contribution is 7.11. The fourth-order valence-corrected chi connectivity index (χ4v) is 1.83. The van der Waals surface area contributed by atoms with E-state index in [0.717, 1.165) is 24.5 Å². The Morgan fingerprint density at radius 1 is 1.69 bits per heavy atom. The van der Waals surface area contributed by atoms with Gasteiger partial charge in [0.25, 0.3) is 0 Å². The molecule has 0 aliphatic carbocycles. The van der Waals surface area contributed by atoms with Gasteiger partial charge in [0.2, 0.25) is 0 Å². The standard InChI is InChI=1S/C10H16N2S/c1-3-4-5-6-11-7-10-8-12-9(2)13-10/h3,8,11H,1,4-7H2,2H3. The van der Waals surface area contributed by atoms with Gasteiger partial charge in [0.15, 0.2) is 0 Å². The third-order valence-electron chi connectivity index (χ3n) is 1.73. The molecule has 0 radical (unpaired) electrons. The van der Waals surface area contributed by atoms with Crippen LogP contribution in [0.15, 0.2) is 18.9 Å². The van der Waals surface area contributed by atoms with E-state index in [2.05, 4.69) is 16.9 Å². The SMILES string of the molecule is C=CCCCNCc1cnc(C)s1. The molecule has 1 N–H and O–H groups in total. The Bertz CT molecular complexity index is 255. The molecule has 0 saturated carbocycles. The molecule has 0 atom stereocenters. The Morgan fingerprint density at radius 3 is 3.15 bits per heavy atom. The third kappa shape index (κ3) is 4.20. The van der Waals surface area contributed by atoms with Gasteiger partial charge in [-0.15, -0.1) is 17.9 Å². The van der Waals surface area contributed by atoms with Gasteiger partial charge in [0.05, 0.1) is 5.01 Å². The first-order valence-corrected chi connectivity index (χ1v) is 5.37. The van der Waals surface area contributed by atoms with Crippen molar-refractivity contribution in [3.63, 3.8) is 0 Å². The smallest absolute Gasteiger partial charge is 0.0897 e. The molecule has 72 valence electrons. The average Bonchev–Trinajstić information content (AvgIpc) is 2.51. The molecule has 1 rings (SSSR count). The minimum atomic E-state index is 0.947. The van der Waals surface area contributed by atoms with E-state index in [1.165, 1.54) is 11.3 Å². The van der Waals surface area contributed by atoms with Gasteiger partial charge in [0, 0.05) is 17.6 Å². The zero-order valence-electron chi connectivity index (χ0n) is 8.05. The topological polar surface area (TPSA) is 24.9 Å². The lowest BCUT2D eigenvalue weighted by Gasteiger charge is -1.99. The predicted molar refractivity (Wildman–Crippen MR) is 58.0 cm³/mol. The van der Waals surface area contributed by atoms with Gasteiger partial charge in [-0.25, -0.2) is 4.98 Å². The Morgan fingerprint density at radius 2 is 2.54 bits per heavy atom. The first-order chi connectivity index (χ1) is 6.33. The molecule has 0 fully saturated rings. The maximum Gasteiger partial charge on any atom is 0.0897 e. The number of aryl methyl sites for hydroxylation is 1. The van der Waals surface area contributed by atoms with E-state index in [-0.39, 0.29) is 0 Å². The summed E-state index contributed by atoms with van der Waals surface area (Å²) in [6.45, 7) is 7.72. The van der Waals surface area contributed by atoms with Crippen molar-refractivity contribution in [3.05, 3.63) is 28.7 Å². The fourth-order valence-electron chi connectivity index (χ4n) is 1.07. The molecule has 0 saturated heterocycles. The van der Waals surface area contributed by atoms with Crippen LogP contribution in [0, 0.1) is 6.92 Å². The summed E-state index contributed by atoms with van der Waals surface area (Å²) < 4.78 is 0. The number of hydrogen-bond acceptors (Lipinski definition) is 3. The van der Waals surface area contributed by atoms with Crippen molar-refractivity contribution in [1.82, 2.24) is 10.3 Å². The molecular weight excluding hydrogens is 180 g/mol. The largest absolute Gasteiger partial charge is 0.312 e. The number of nitrogens with zero attached hydrogens (tertiary/aromatic N) is 1. The van der Waals surface area contributed by atoms with E-state index in [4.69, 9.17) is 0 Å². The van der Waals surface area contributed by atoms with Crippen molar-refractivity contribution in [2.24, 2.45) is 0 Å². The van der Waals surface area contributed by atoms with E-state index in [1.54, 1.807) is 11.3 Å². The molecule has 0 aliphatic rings. The Hall–Kier alpha value is -0.670. The number of allylic oxidation sites excluding steroid dienone is 1. The van der Waals surface area contributed by atoms with Crippen molar-refractivity contribution in [2.75, 3.05) is 6.54 Å². The van der Waals surface area contributed by atoms with E-state index in [9.17, 15) is 0 Å². The fraction of sp³-hybridized carbons (Fsp3) is 0.500. The molecule has 13 heavy (non-hydrogen) atoms. The first-order valence-electron chi connectivity index (χ1n) is 4.56. The highest BCUT2D eigenvalue weighted by Gasteiger charge is 1.96. The lowest BCUT2D eigenvalue weighted by Crippen LogP contribution is -2.13. The van der Waals surface area contributed by atoms with Crippen LogP contribution in [0.25, 0.3) is 0 Å². The number of aromatic nitrogens is 1. The molecule has 1 aromatic rings. The predicted octanol–water partition coefficient (Wildman–Crippen LogP) is 2.51. The Balaban J connectivity index is 2.09. The highest BCUT2D eigenvalue weighted by atomic mass is 32.1. The molecular formula is C10H16N2S. The summed E-state index contributed by atoms with van der Waals surface area (Å²) in [5.41, 5.74) is 0. The van der Waals surface area contributed by atoms with E-state index in [1.807, 2.05) is 19.2 Å².